The second-order valence-corrected chi connectivity index (χ2v) is 7.33. The molecule has 152 valence electrons. The molecule has 4 rings (SSSR count). The number of thiophene rings is 1. The van der Waals surface area contributed by atoms with Crippen molar-refractivity contribution < 1.29 is 18.9 Å². The molecule has 0 unspecified atom stereocenters. The van der Waals surface area contributed by atoms with Gasteiger partial charge in [0.2, 0.25) is 0 Å². The Labute approximate surface area is 177 Å². The van der Waals surface area contributed by atoms with Crippen molar-refractivity contribution in [2.24, 2.45) is 0 Å². The van der Waals surface area contributed by atoms with Crippen LogP contribution in [0.25, 0.3) is 16.0 Å². The first-order valence-corrected chi connectivity index (χ1v) is 9.88. The molecule has 4 aromatic rings. The maximum atomic E-state index is 9.59. The molecule has 0 atom stereocenters. The average molecular weight is 421 g/mol. The van der Waals surface area contributed by atoms with Gasteiger partial charge in [0.25, 0.3) is 0 Å². The van der Waals surface area contributed by atoms with Crippen LogP contribution in [-0.2, 0) is 6.61 Å². The number of aromatic nitrogens is 2. The van der Waals surface area contributed by atoms with E-state index in [1.165, 1.54) is 11.3 Å². The predicted octanol–water partition coefficient (Wildman–Crippen LogP) is 4.56. The van der Waals surface area contributed by atoms with E-state index < -0.39 is 0 Å². The average Bonchev–Trinajstić information content (AvgIpc) is 3.39. The van der Waals surface area contributed by atoms with E-state index in [1.54, 1.807) is 27.7 Å². The zero-order valence-corrected chi connectivity index (χ0v) is 17.5. The standard InChI is InChI=1S/C22H19N3O4S/c1-26-17-7-5-4-6-14(17)12-29-20-10-22(30-21(20)11-23)25-13-24-15-8-18(27-2)19(28-3)9-16(15)25/h4-10,13H,12H2,1-3H3. The van der Waals surface area contributed by atoms with Gasteiger partial charge >= 0.3 is 0 Å². The fourth-order valence-electron chi connectivity index (χ4n) is 3.16. The summed E-state index contributed by atoms with van der Waals surface area (Å²) in [6, 6.07) is 15.4. The molecule has 2 aromatic carbocycles. The van der Waals surface area contributed by atoms with Crippen LogP contribution in [0.5, 0.6) is 23.0 Å². The van der Waals surface area contributed by atoms with Gasteiger partial charge in [0.15, 0.2) is 17.2 Å². The summed E-state index contributed by atoms with van der Waals surface area (Å²) in [7, 11) is 4.80. The molecule has 7 nitrogen and oxygen atoms in total. The van der Waals surface area contributed by atoms with Gasteiger partial charge in [0, 0.05) is 23.8 Å². The normalized spacial score (nSPS) is 10.6. The summed E-state index contributed by atoms with van der Waals surface area (Å²) in [6.45, 7) is 0.296. The van der Waals surface area contributed by atoms with Crippen LogP contribution in [0.1, 0.15) is 10.4 Å². The third-order valence-corrected chi connectivity index (χ3v) is 5.67. The highest BCUT2D eigenvalue weighted by Crippen LogP contribution is 2.37. The fourth-order valence-corrected chi connectivity index (χ4v) is 4.04. The summed E-state index contributed by atoms with van der Waals surface area (Å²) < 4.78 is 24.0. The Morgan fingerprint density at radius 2 is 1.70 bits per heavy atom. The zero-order chi connectivity index (χ0) is 21.1. The molecule has 30 heavy (non-hydrogen) atoms. The number of benzene rings is 2. The number of hydrogen-bond acceptors (Lipinski definition) is 7. The lowest BCUT2D eigenvalue weighted by Crippen LogP contribution is -1.98. The highest BCUT2D eigenvalue weighted by Gasteiger charge is 2.16. The Kier molecular flexibility index (Phi) is 5.46. The smallest absolute Gasteiger partial charge is 0.163 e. The van der Waals surface area contributed by atoms with Gasteiger partial charge in [0.1, 0.15) is 34.6 Å². The Bertz CT molecular complexity index is 1240. The number of nitrogens with zero attached hydrogens (tertiary/aromatic N) is 3. The monoisotopic (exact) mass is 421 g/mol. The van der Waals surface area contributed by atoms with Crippen molar-refractivity contribution in [3.05, 3.63) is 59.2 Å². The largest absolute Gasteiger partial charge is 0.496 e. The predicted molar refractivity (Wildman–Crippen MR) is 114 cm³/mol. The number of methoxy groups -OCH3 is 3. The minimum atomic E-state index is 0.296. The molecule has 0 aliphatic carbocycles. The first-order chi connectivity index (χ1) is 14.7. The van der Waals surface area contributed by atoms with E-state index in [9.17, 15) is 5.26 Å². The molecule has 2 heterocycles. The molecule has 0 radical (unpaired) electrons. The Hall–Kier alpha value is -3.70. The third kappa shape index (κ3) is 3.51. The maximum absolute atomic E-state index is 9.59. The van der Waals surface area contributed by atoms with Crippen LogP contribution >= 0.6 is 11.3 Å². The molecule has 0 amide bonds. The molecular formula is C22H19N3O4S. The second-order valence-electron chi connectivity index (χ2n) is 6.30. The van der Waals surface area contributed by atoms with E-state index in [-0.39, 0.29) is 0 Å². The number of para-hydroxylation sites is 1. The Morgan fingerprint density at radius 1 is 0.967 bits per heavy atom. The Balaban J connectivity index is 1.68. The Morgan fingerprint density at radius 3 is 2.43 bits per heavy atom. The van der Waals surface area contributed by atoms with Crippen molar-refractivity contribution in [1.82, 2.24) is 9.55 Å². The molecular weight excluding hydrogens is 402 g/mol. The lowest BCUT2D eigenvalue weighted by molar-refractivity contribution is 0.297. The van der Waals surface area contributed by atoms with Crippen molar-refractivity contribution in [1.29, 1.82) is 5.26 Å². The first kappa shape index (κ1) is 19.6. The quantitative estimate of drug-likeness (QED) is 0.435. The topological polar surface area (TPSA) is 78.5 Å². The molecule has 0 N–H and O–H groups in total. The van der Waals surface area contributed by atoms with Crippen molar-refractivity contribution in [3.8, 4) is 34.1 Å². The van der Waals surface area contributed by atoms with Gasteiger partial charge < -0.3 is 18.9 Å². The molecule has 2 aromatic heterocycles. The molecule has 0 spiro atoms. The minimum Gasteiger partial charge on any atom is -0.496 e. The third-order valence-electron chi connectivity index (χ3n) is 4.65. The maximum Gasteiger partial charge on any atom is 0.163 e. The molecule has 8 heteroatoms. The van der Waals surface area contributed by atoms with E-state index >= 15 is 0 Å². The van der Waals surface area contributed by atoms with E-state index in [0.29, 0.717) is 28.7 Å². The molecule has 0 saturated carbocycles. The van der Waals surface area contributed by atoms with E-state index in [0.717, 1.165) is 27.3 Å². The lowest BCUT2D eigenvalue weighted by Gasteiger charge is -2.09. The first-order valence-electron chi connectivity index (χ1n) is 9.06. The van der Waals surface area contributed by atoms with Crippen LogP contribution < -0.4 is 18.9 Å². The van der Waals surface area contributed by atoms with Gasteiger partial charge in [-0.05, 0) is 6.07 Å². The summed E-state index contributed by atoms with van der Waals surface area (Å²) in [4.78, 5) is 4.94. The van der Waals surface area contributed by atoms with Gasteiger partial charge in [-0.1, -0.05) is 18.2 Å². The van der Waals surface area contributed by atoms with E-state index in [2.05, 4.69) is 11.1 Å². The number of hydrogen-bond donors (Lipinski definition) is 0. The SMILES string of the molecule is COc1ccccc1COc1cc(-n2cnc3cc(OC)c(OC)cc32)sc1C#N. The highest BCUT2D eigenvalue weighted by molar-refractivity contribution is 7.15. The summed E-state index contributed by atoms with van der Waals surface area (Å²) in [5.74, 6) is 2.48. The van der Waals surface area contributed by atoms with Crippen LogP contribution in [0.2, 0.25) is 0 Å². The van der Waals surface area contributed by atoms with Gasteiger partial charge in [-0.15, -0.1) is 11.3 Å². The second kappa shape index (κ2) is 8.35. The van der Waals surface area contributed by atoms with Gasteiger partial charge in [-0.25, -0.2) is 4.98 Å². The summed E-state index contributed by atoms with van der Waals surface area (Å²) in [5.41, 5.74) is 2.51. The lowest BCUT2D eigenvalue weighted by atomic mass is 10.2. The molecule has 0 fully saturated rings. The number of rotatable bonds is 7. The van der Waals surface area contributed by atoms with Gasteiger partial charge in [-0.3, -0.25) is 4.57 Å². The van der Waals surface area contributed by atoms with Crippen molar-refractivity contribution in [2.45, 2.75) is 6.61 Å². The number of imidazole rings is 1. The van der Waals surface area contributed by atoms with Crippen molar-refractivity contribution in [2.75, 3.05) is 21.3 Å². The number of ether oxygens (including phenoxy) is 4. The van der Waals surface area contributed by atoms with Crippen LogP contribution in [0.15, 0.2) is 48.8 Å². The summed E-state index contributed by atoms with van der Waals surface area (Å²) in [6.07, 6.45) is 1.71. The number of fused-ring (bicyclic) bond motifs is 1. The van der Waals surface area contributed by atoms with Gasteiger partial charge in [-0.2, -0.15) is 5.26 Å². The van der Waals surface area contributed by atoms with Crippen LogP contribution in [-0.4, -0.2) is 30.9 Å². The summed E-state index contributed by atoms with van der Waals surface area (Å²) in [5, 5.41) is 10.4. The van der Waals surface area contributed by atoms with E-state index in [4.69, 9.17) is 18.9 Å². The molecule has 0 aliphatic rings. The minimum absolute atomic E-state index is 0.296. The van der Waals surface area contributed by atoms with Crippen LogP contribution in [0.4, 0.5) is 0 Å². The van der Waals surface area contributed by atoms with Gasteiger partial charge in [0.05, 0.1) is 32.4 Å². The molecule has 0 bridgehead atoms. The zero-order valence-electron chi connectivity index (χ0n) is 16.7. The highest BCUT2D eigenvalue weighted by atomic mass is 32.1. The number of nitriles is 1. The molecule has 0 saturated heterocycles. The fraction of sp³-hybridized carbons (Fsp3) is 0.182. The van der Waals surface area contributed by atoms with Crippen molar-refractivity contribution >= 4 is 22.4 Å². The summed E-state index contributed by atoms with van der Waals surface area (Å²) >= 11 is 1.33. The van der Waals surface area contributed by atoms with Crippen LogP contribution in [0.3, 0.4) is 0 Å². The van der Waals surface area contributed by atoms with Crippen LogP contribution in [0, 0.1) is 11.3 Å². The molecule has 0 aliphatic heterocycles. The van der Waals surface area contributed by atoms with Crippen molar-refractivity contribution in [3.63, 3.8) is 0 Å². The van der Waals surface area contributed by atoms with E-state index in [1.807, 2.05) is 47.0 Å².